The van der Waals surface area contributed by atoms with Gasteiger partial charge in [0.05, 0.1) is 11.0 Å². The molecule has 0 aliphatic carbocycles. The zero-order valence-electron chi connectivity index (χ0n) is 9.46. The van der Waals surface area contributed by atoms with Crippen molar-refractivity contribution in [1.82, 2.24) is 9.97 Å². The van der Waals surface area contributed by atoms with Gasteiger partial charge in [-0.2, -0.15) is 4.98 Å². The third-order valence-corrected chi connectivity index (χ3v) is 4.14. The van der Waals surface area contributed by atoms with Gasteiger partial charge >= 0.3 is 0 Å². The van der Waals surface area contributed by atoms with Crippen molar-refractivity contribution >= 4 is 43.5 Å². The molecule has 0 atom stereocenters. The predicted octanol–water partition coefficient (Wildman–Crippen LogP) is 0.848. The summed E-state index contributed by atoms with van der Waals surface area (Å²) in [4.78, 5) is 14.3. The highest BCUT2D eigenvalue weighted by atomic mass is 79.9. The number of hydrogen-bond donors (Lipinski definition) is 0. The van der Waals surface area contributed by atoms with Crippen LogP contribution in [0.5, 0.6) is 0 Å². The maximum absolute atomic E-state index is 11.5. The summed E-state index contributed by atoms with van der Waals surface area (Å²) in [7, 11) is -3.40. The van der Waals surface area contributed by atoms with Crippen molar-refractivity contribution in [2.24, 2.45) is 4.99 Å². The third kappa shape index (κ3) is 1.76. The highest BCUT2D eigenvalue weighted by Crippen LogP contribution is 2.32. The molecule has 6 nitrogen and oxygen atoms in total. The van der Waals surface area contributed by atoms with E-state index in [9.17, 15) is 8.42 Å². The van der Waals surface area contributed by atoms with E-state index in [0.717, 1.165) is 22.1 Å². The number of anilines is 1. The molecule has 2 aliphatic heterocycles. The highest BCUT2D eigenvalue weighted by molar-refractivity contribution is 9.12. The molecule has 0 fully saturated rings. The van der Waals surface area contributed by atoms with E-state index in [1.807, 2.05) is 11.0 Å². The summed E-state index contributed by atoms with van der Waals surface area (Å²) < 4.78 is 23.8. The number of sulfone groups is 1. The Labute approximate surface area is 113 Å². The van der Waals surface area contributed by atoms with E-state index in [-0.39, 0.29) is 5.16 Å². The molecule has 0 N–H and O–H groups in total. The Bertz CT molecular complexity index is 696. The molecule has 0 spiro atoms. The summed E-state index contributed by atoms with van der Waals surface area (Å²) in [5, 5.41) is -0.154. The van der Waals surface area contributed by atoms with Crippen LogP contribution in [0, 0.1) is 0 Å². The summed E-state index contributed by atoms with van der Waals surface area (Å²) in [6.07, 6.45) is 4.47. The van der Waals surface area contributed by atoms with Gasteiger partial charge in [-0.05, 0) is 22.0 Å². The molecule has 94 valence electrons. The van der Waals surface area contributed by atoms with Crippen LogP contribution in [-0.2, 0) is 9.84 Å². The largest absolute Gasteiger partial charge is 0.308 e. The topological polar surface area (TPSA) is 75.5 Å². The van der Waals surface area contributed by atoms with Crippen molar-refractivity contribution < 1.29 is 8.42 Å². The van der Waals surface area contributed by atoms with E-state index in [1.54, 1.807) is 0 Å². The first-order valence-corrected chi connectivity index (χ1v) is 7.92. The molecule has 2 aliphatic rings. The molecule has 8 heteroatoms. The van der Waals surface area contributed by atoms with Gasteiger partial charge in [-0.25, -0.2) is 13.4 Å². The van der Waals surface area contributed by atoms with Crippen LogP contribution in [0.25, 0.3) is 6.08 Å². The van der Waals surface area contributed by atoms with Gasteiger partial charge in [0, 0.05) is 24.6 Å². The van der Waals surface area contributed by atoms with Gasteiger partial charge in [-0.1, -0.05) is 0 Å². The molecule has 0 amide bonds. The van der Waals surface area contributed by atoms with E-state index >= 15 is 0 Å². The van der Waals surface area contributed by atoms with Crippen LogP contribution in [0.4, 0.5) is 5.82 Å². The maximum atomic E-state index is 11.5. The number of hydrogen-bond acceptors (Lipinski definition) is 6. The Morgan fingerprint density at radius 2 is 2.22 bits per heavy atom. The Balaban J connectivity index is 2.21. The van der Waals surface area contributed by atoms with Crippen LogP contribution in [0.3, 0.4) is 0 Å². The summed E-state index contributed by atoms with van der Waals surface area (Å²) >= 11 is 3.44. The van der Waals surface area contributed by atoms with Gasteiger partial charge in [0.15, 0.2) is 0 Å². The molecular formula is C10H9BrN4O2S. The van der Waals surface area contributed by atoms with Crippen LogP contribution in [0.1, 0.15) is 5.56 Å². The number of aromatic nitrogens is 2. The number of amidine groups is 1. The van der Waals surface area contributed by atoms with Crippen molar-refractivity contribution in [2.45, 2.75) is 5.16 Å². The molecule has 0 unspecified atom stereocenters. The second-order valence-corrected chi connectivity index (χ2v) is 6.82. The van der Waals surface area contributed by atoms with E-state index < -0.39 is 9.84 Å². The quantitative estimate of drug-likeness (QED) is 0.714. The number of rotatable bonds is 1. The molecule has 3 rings (SSSR count). The van der Waals surface area contributed by atoms with Gasteiger partial charge in [-0.3, -0.25) is 4.99 Å². The first kappa shape index (κ1) is 11.8. The zero-order valence-corrected chi connectivity index (χ0v) is 11.9. The predicted molar refractivity (Wildman–Crippen MR) is 71.7 cm³/mol. The molecule has 3 heterocycles. The van der Waals surface area contributed by atoms with Gasteiger partial charge in [0.25, 0.3) is 0 Å². The SMILES string of the molecule is CS(=O)(=O)c1ncc2c(n1)N1CCN=C1C(Br)=C2. The molecule has 0 radical (unpaired) electrons. The number of halogens is 1. The fraction of sp³-hybridized carbons (Fsp3) is 0.300. The molecule has 18 heavy (non-hydrogen) atoms. The lowest BCUT2D eigenvalue weighted by atomic mass is 10.2. The summed E-state index contributed by atoms with van der Waals surface area (Å²) in [6.45, 7) is 1.38. The number of nitrogens with zero attached hydrogens (tertiary/aromatic N) is 4. The van der Waals surface area contributed by atoms with Crippen molar-refractivity contribution in [3.8, 4) is 0 Å². The Kier molecular flexibility index (Phi) is 2.53. The van der Waals surface area contributed by atoms with Crippen LogP contribution in [0.2, 0.25) is 0 Å². The Hall–Kier alpha value is -1.28. The maximum Gasteiger partial charge on any atom is 0.248 e. The average Bonchev–Trinajstić information content (AvgIpc) is 2.77. The van der Waals surface area contributed by atoms with Crippen LogP contribution in [0.15, 0.2) is 20.8 Å². The summed E-state index contributed by atoms with van der Waals surface area (Å²) in [6, 6.07) is 0. The molecule has 1 aromatic heterocycles. The second kappa shape index (κ2) is 3.86. The average molecular weight is 329 g/mol. The van der Waals surface area contributed by atoms with E-state index in [4.69, 9.17) is 0 Å². The Morgan fingerprint density at radius 1 is 1.44 bits per heavy atom. The third-order valence-electron chi connectivity index (χ3n) is 2.70. The fourth-order valence-corrected chi connectivity index (χ4v) is 3.00. The van der Waals surface area contributed by atoms with Gasteiger partial charge < -0.3 is 4.90 Å². The fourth-order valence-electron chi connectivity index (χ4n) is 1.92. The number of fused-ring (bicyclic) bond motifs is 3. The number of aliphatic imine (C=N–C) groups is 1. The molecule has 0 saturated carbocycles. The molecule has 0 aromatic carbocycles. The monoisotopic (exact) mass is 328 g/mol. The minimum atomic E-state index is -3.40. The van der Waals surface area contributed by atoms with Crippen LogP contribution >= 0.6 is 15.9 Å². The van der Waals surface area contributed by atoms with E-state index in [0.29, 0.717) is 18.9 Å². The standard InChI is InChI=1S/C10H9BrN4O2S/c1-18(16,17)10-13-5-6-4-7(11)9-12-2-3-15(9)8(6)14-10/h4-5H,2-3H2,1H3. The lowest BCUT2D eigenvalue weighted by Gasteiger charge is -2.24. The lowest BCUT2D eigenvalue weighted by Crippen LogP contribution is -2.32. The highest BCUT2D eigenvalue weighted by Gasteiger charge is 2.29. The van der Waals surface area contributed by atoms with Crippen molar-refractivity contribution in [1.29, 1.82) is 0 Å². The summed E-state index contributed by atoms with van der Waals surface area (Å²) in [5.74, 6) is 1.39. The molecule has 1 aromatic rings. The Morgan fingerprint density at radius 3 is 2.94 bits per heavy atom. The molecule has 0 saturated heterocycles. The molecule has 0 bridgehead atoms. The van der Waals surface area contributed by atoms with Crippen LogP contribution in [-0.4, -0.2) is 43.6 Å². The second-order valence-electron chi connectivity index (χ2n) is 4.05. The van der Waals surface area contributed by atoms with Gasteiger partial charge in [-0.15, -0.1) is 0 Å². The minimum absolute atomic E-state index is 0.154. The first-order valence-electron chi connectivity index (χ1n) is 5.23. The van der Waals surface area contributed by atoms with Crippen molar-refractivity contribution in [3.05, 3.63) is 16.2 Å². The van der Waals surface area contributed by atoms with Crippen molar-refractivity contribution in [2.75, 3.05) is 24.2 Å². The van der Waals surface area contributed by atoms with E-state index in [1.165, 1.54) is 6.20 Å². The normalized spacial score (nSPS) is 18.0. The van der Waals surface area contributed by atoms with Gasteiger partial charge in [0.2, 0.25) is 15.0 Å². The first-order chi connectivity index (χ1) is 8.47. The molecular weight excluding hydrogens is 320 g/mol. The smallest absolute Gasteiger partial charge is 0.248 e. The van der Waals surface area contributed by atoms with Gasteiger partial charge in [0.1, 0.15) is 11.7 Å². The zero-order chi connectivity index (χ0) is 12.9. The minimum Gasteiger partial charge on any atom is -0.308 e. The summed E-state index contributed by atoms with van der Waals surface area (Å²) in [5.41, 5.74) is 0.787. The van der Waals surface area contributed by atoms with Crippen molar-refractivity contribution in [3.63, 3.8) is 0 Å². The van der Waals surface area contributed by atoms with E-state index in [2.05, 4.69) is 30.9 Å². The lowest BCUT2D eigenvalue weighted by molar-refractivity contribution is 0.593. The van der Waals surface area contributed by atoms with Crippen LogP contribution < -0.4 is 4.90 Å².